The van der Waals surface area contributed by atoms with Crippen LogP contribution in [0.4, 0.5) is 22.2 Å². The average molecular weight is 431 g/mol. The number of hydrogen-bond donors (Lipinski definition) is 3. The second-order valence-electron chi connectivity index (χ2n) is 6.17. The van der Waals surface area contributed by atoms with Crippen molar-refractivity contribution in [1.29, 1.82) is 0 Å². The zero-order valence-electron chi connectivity index (χ0n) is 15.6. The molecular weight excluding hydrogens is 412 g/mol. The maximum absolute atomic E-state index is 12.4. The molecule has 150 valence electrons. The Morgan fingerprint density at radius 3 is 2.00 bits per heavy atom. The first-order chi connectivity index (χ1) is 13.7. The summed E-state index contributed by atoms with van der Waals surface area (Å²) in [5.41, 5.74) is 2.11. The first kappa shape index (κ1) is 20.5. The Hall–Kier alpha value is -3.24. The Morgan fingerprint density at radius 1 is 0.897 bits per heavy atom. The molecule has 3 aromatic rings. The Balaban J connectivity index is 1.63. The minimum atomic E-state index is -3.25. The first-order valence-corrected chi connectivity index (χ1v) is 11.2. The summed E-state index contributed by atoms with van der Waals surface area (Å²) in [6.45, 7) is 1.42. The van der Waals surface area contributed by atoms with Crippen molar-refractivity contribution in [2.24, 2.45) is 0 Å². The second kappa shape index (κ2) is 8.41. The lowest BCUT2D eigenvalue weighted by Gasteiger charge is -2.06. The van der Waals surface area contributed by atoms with E-state index >= 15 is 0 Å². The Morgan fingerprint density at radius 2 is 1.45 bits per heavy atom. The largest absolute Gasteiger partial charge is 0.332 e. The molecule has 0 aliphatic carbocycles. The molecule has 0 spiro atoms. The van der Waals surface area contributed by atoms with Crippen molar-refractivity contribution in [1.82, 2.24) is 4.98 Å². The van der Waals surface area contributed by atoms with Crippen LogP contribution in [0.15, 0.2) is 58.8 Å². The van der Waals surface area contributed by atoms with E-state index in [2.05, 4.69) is 20.9 Å². The molecule has 1 aromatic heterocycles. The molecule has 0 saturated heterocycles. The molecule has 10 heteroatoms. The van der Waals surface area contributed by atoms with E-state index in [1.54, 1.807) is 41.8 Å². The summed E-state index contributed by atoms with van der Waals surface area (Å²) in [4.78, 5) is 27.9. The first-order valence-electron chi connectivity index (χ1n) is 8.42. The zero-order chi connectivity index (χ0) is 21.0. The van der Waals surface area contributed by atoms with Gasteiger partial charge in [0.05, 0.1) is 4.90 Å². The van der Waals surface area contributed by atoms with Crippen LogP contribution < -0.4 is 16.0 Å². The second-order valence-corrected chi connectivity index (χ2v) is 9.05. The standard InChI is InChI=1S/C19H18N4O4S2/c1-12(24)20-13-3-5-14(6-4-13)21-18(25)17-11-28-19(23-17)22-15-7-9-16(10-8-15)29(2,26)27/h3-11H,1-2H3,(H,20,24)(H,21,25)(H,22,23). The van der Waals surface area contributed by atoms with Gasteiger partial charge in [0, 0.05) is 35.6 Å². The fourth-order valence-corrected chi connectivity index (χ4v) is 3.72. The van der Waals surface area contributed by atoms with E-state index in [0.717, 1.165) is 6.26 Å². The highest BCUT2D eigenvalue weighted by Crippen LogP contribution is 2.23. The number of amides is 2. The molecule has 29 heavy (non-hydrogen) atoms. The molecule has 3 N–H and O–H groups in total. The number of sulfone groups is 1. The van der Waals surface area contributed by atoms with Crippen molar-refractivity contribution in [2.45, 2.75) is 11.8 Å². The number of hydrogen-bond acceptors (Lipinski definition) is 7. The predicted molar refractivity (Wildman–Crippen MR) is 114 cm³/mol. The molecule has 2 aromatic carbocycles. The normalized spacial score (nSPS) is 11.0. The van der Waals surface area contributed by atoms with Gasteiger partial charge in [0.25, 0.3) is 5.91 Å². The number of carbonyl (C=O) groups is 2. The van der Waals surface area contributed by atoms with Crippen LogP contribution in [0.1, 0.15) is 17.4 Å². The van der Waals surface area contributed by atoms with Gasteiger partial charge in [-0.15, -0.1) is 11.3 Å². The third-order valence-electron chi connectivity index (χ3n) is 3.73. The number of nitrogens with zero attached hydrogens (tertiary/aromatic N) is 1. The zero-order valence-corrected chi connectivity index (χ0v) is 17.2. The third kappa shape index (κ3) is 5.62. The highest BCUT2D eigenvalue weighted by Gasteiger charge is 2.12. The Bertz CT molecular complexity index is 1140. The molecule has 3 rings (SSSR count). The van der Waals surface area contributed by atoms with Crippen LogP contribution >= 0.6 is 11.3 Å². The van der Waals surface area contributed by atoms with Crippen molar-refractivity contribution in [3.63, 3.8) is 0 Å². The molecular formula is C19H18N4O4S2. The molecule has 8 nitrogen and oxygen atoms in total. The van der Waals surface area contributed by atoms with Crippen LogP contribution in [0, 0.1) is 0 Å². The molecule has 0 fully saturated rings. The van der Waals surface area contributed by atoms with Crippen molar-refractivity contribution in [3.8, 4) is 0 Å². The average Bonchev–Trinajstić information content (AvgIpc) is 3.11. The van der Waals surface area contributed by atoms with E-state index in [-0.39, 0.29) is 22.4 Å². The van der Waals surface area contributed by atoms with Gasteiger partial charge in [0.15, 0.2) is 15.0 Å². The highest BCUT2D eigenvalue weighted by atomic mass is 32.2. The van der Waals surface area contributed by atoms with Gasteiger partial charge >= 0.3 is 0 Å². The molecule has 0 atom stereocenters. The van der Waals surface area contributed by atoms with E-state index in [0.29, 0.717) is 22.2 Å². The van der Waals surface area contributed by atoms with Crippen LogP contribution in [0.3, 0.4) is 0 Å². The molecule has 0 bridgehead atoms. The smallest absolute Gasteiger partial charge is 0.275 e. The molecule has 0 aliphatic heterocycles. The lowest BCUT2D eigenvalue weighted by atomic mass is 10.2. The summed E-state index contributed by atoms with van der Waals surface area (Å²) in [6.07, 6.45) is 1.15. The van der Waals surface area contributed by atoms with Gasteiger partial charge in [-0.05, 0) is 48.5 Å². The van der Waals surface area contributed by atoms with Crippen LogP contribution in [0.5, 0.6) is 0 Å². The Kier molecular flexibility index (Phi) is 5.95. The molecule has 2 amide bonds. The van der Waals surface area contributed by atoms with E-state index in [1.165, 1.54) is 30.4 Å². The number of rotatable bonds is 6. The number of anilines is 4. The Labute approximate surface area is 171 Å². The van der Waals surface area contributed by atoms with E-state index in [4.69, 9.17) is 0 Å². The maximum atomic E-state index is 12.4. The van der Waals surface area contributed by atoms with Crippen molar-refractivity contribution >= 4 is 55.2 Å². The van der Waals surface area contributed by atoms with E-state index in [9.17, 15) is 18.0 Å². The number of thiazole rings is 1. The monoisotopic (exact) mass is 430 g/mol. The van der Waals surface area contributed by atoms with Gasteiger partial charge < -0.3 is 16.0 Å². The van der Waals surface area contributed by atoms with E-state index < -0.39 is 9.84 Å². The molecule has 0 aliphatic rings. The number of aromatic nitrogens is 1. The third-order valence-corrected chi connectivity index (χ3v) is 5.62. The van der Waals surface area contributed by atoms with Crippen LogP contribution in [0.2, 0.25) is 0 Å². The van der Waals surface area contributed by atoms with Gasteiger partial charge in [-0.25, -0.2) is 13.4 Å². The molecule has 0 unspecified atom stereocenters. The van der Waals surface area contributed by atoms with E-state index in [1.807, 2.05) is 0 Å². The van der Waals surface area contributed by atoms with Crippen LogP contribution in [0.25, 0.3) is 0 Å². The van der Waals surface area contributed by atoms with Gasteiger partial charge in [-0.2, -0.15) is 0 Å². The number of benzene rings is 2. The van der Waals surface area contributed by atoms with Crippen LogP contribution in [-0.2, 0) is 14.6 Å². The topological polar surface area (TPSA) is 117 Å². The molecule has 0 saturated carbocycles. The maximum Gasteiger partial charge on any atom is 0.275 e. The van der Waals surface area contributed by atoms with Crippen molar-refractivity contribution in [3.05, 3.63) is 59.6 Å². The van der Waals surface area contributed by atoms with Gasteiger partial charge in [0.2, 0.25) is 5.91 Å². The summed E-state index contributed by atoms with van der Waals surface area (Å²) >= 11 is 1.25. The number of carbonyl (C=O) groups excluding carboxylic acids is 2. The minimum absolute atomic E-state index is 0.171. The van der Waals surface area contributed by atoms with Crippen molar-refractivity contribution < 1.29 is 18.0 Å². The summed E-state index contributed by atoms with van der Waals surface area (Å²) in [5, 5.41) is 10.6. The quantitative estimate of drug-likeness (QED) is 0.551. The van der Waals surface area contributed by atoms with Crippen molar-refractivity contribution in [2.75, 3.05) is 22.2 Å². The lowest BCUT2D eigenvalue weighted by Crippen LogP contribution is -2.12. The molecule has 1 heterocycles. The highest BCUT2D eigenvalue weighted by molar-refractivity contribution is 7.90. The van der Waals surface area contributed by atoms with Gasteiger partial charge in [-0.1, -0.05) is 0 Å². The molecule has 0 radical (unpaired) electrons. The summed E-state index contributed by atoms with van der Waals surface area (Å²) in [6, 6.07) is 13.0. The lowest BCUT2D eigenvalue weighted by molar-refractivity contribution is -0.114. The summed E-state index contributed by atoms with van der Waals surface area (Å²) < 4.78 is 23.0. The summed E-state index contributed by atoms with van der Waals surface area (Å²) in [5.74, 6) is -0.538. The fraction of sp³-hybridized carbons (Fsp3) is 0.105. The van der Waals surface area contributed by atoms with Gasteiger partial charge in [0.1, 0.15) is 5.69 Å². The number of nitrogens with one attached hydrogen (secondary N) is 3. The minimum Gasteiger partial charge on any atom is -0.332 e. The SMILES string of the molecule is CC(=O)Nc1ccc(NC(=O)c2csc(Nc3ccc(S(C)(=O)=O)cc3)n2)cc1. The predicted octanol–water partition coefficient (Wildman–Crippen LogP) is 3.50. The fourth-order valence-electron chi connectivity index (χ4n) is 2.38. The van der Waals surface area contributed by atoms with Crippen LogP contribution in [-0.4, -0.2) is 31.5 Å². The summed E-state index contributed by atoms with van der Waals surface area (Å²) in [7, 11) is -3.25. The van der Waals surface area contributed by atoms with Gasteiger partial charge in [-0.3, -0.25) is 9.59 Å².